The molecule has 0 fully saturated rings. The van der Waals surface area contributed by atoms with E-state index in [0.29, 0.717) is 0 Å². The lowest BCUT2D eigenvalue weighted by molar-refractivity contribution is -0.155. The molecule has 1 aromatic carbocycles. The van der Waals surface area contributed by atoms with Crippen molar-refractivity contribution in [3.63, 3.8) is 0 Å². The number of hydrogen-bond donors (Lipinski definition) is 1. The van der Waals surface area contributed by atoms with E-state index >= 15 is 0 Å². The lowest BCUT2D eigenvalue weighted by Crippen LogP contribution is -2.42. The zero-order chi connectivity index (χ0) is 27.2. The van der Waals surface area contributed by atoms with E-state index < -0.39 is 41.1 Å². The molecular weight excluding hydrogens is 490 g/mol. The van der Waals surface area contributed by atoms with Gasteiger partial charge in [0.25, 0.3) is 5.91 Å². The van der Waals surface area contributed by atoms with Gasteiger partial charge < -0.3 is 10.1 Å². The van der Waals surface area contributed by atoms with Gasteiger partial charge in [-0.2, -0.15) is 4.99 Å². The van der Waals surface area contributed by atoms with E-state index in [1.165, 1.54) is 4.57 Å². The number of ether oxygens (including phenoxy) is 1. The molecule has 0 bridgehead atoms. The standard InChI is InChI=1S/C25H34F2N4O4S/c1-8-15(2)21(30(6)7)23(34)35-14-31-9-10-36-24(31)29-22(33)16-11-17(26)20(18(27)12-16)28-19(32)13-25(3,4)5/h9-12,15,21H,8,13-14H2,1-7H3,(H,28,32). The number of carbonyl (C=O) groups is 3. The molecule has 0 aliphatic rings. The average molecular weight is 525 g/mol. The number of thiazole rings is 1. The van der Waals surface area contributed by atoms with Crippen LogP contribution in [0.25, 0.3) is 0 Å². The molecule has 0 spiro atoms. The summed E-state index contributed by atoms with van der Waals surface area (Å²) >= 11 is 1.10. The Labute approximate surface area is 214 Å². The highest BCUT2D eigenvalue weighted by molar-refractivity contribution is 7.07. The van der Waals surface area contributed by atoms with Gasteiger partial charge >= 0.3 is 5.97 Å². The normalized spacial score (nSPS) is 14.0. The molecule has 36 heavy (non-hydrogen) atoms. The number of nitrogens with one attached hydrogen (secondary N) is 1. The summed E-state index contributed by atoms with van der Waals surface area (Å²) in [5, 5.41) is 3.87. The third kappa shape index (κ3) is 8.06. The number of likely N-dealkylation sites (N-methyl/N-ethyl adjacent to an activating group) is 1. The van der Waals surface area contributed by atoms with Crippen molar-refractivity contribution in [2.45, 2.75) is 60.2 Å². The molecule has 0 saturated carbocycles. The smallest absolute Gasteiger partial charge is 0.325 e. The number of amides is 2. The molecule has 8 nitrogen and oxygen atoms in total. The summed E-state index contributed by atoms with van der Waals surface area (Å²) in [5.41, 5.74) is -1.30. The Hall–Kier alpha value is -2.92. The second kappa shape index (κ2) is 12.4. The molecule has 0 aliphatic heterocycles. The predicted molar refractivity (Wildman–Crippen MR) is 134 cm³/mol. The summed E-state index contributed by atoms with van der Waals surface area (Å²) in [5.74, 6) is -3.90. The van der Waals surface area contributed by atoms with Crippen molar-refractivity contribution in [1.82, 2.24) is 9.47 Å². The van der Waals surface area contributed by atoms with E-state index in [1.54, 1.807) is 30.6 Å². The van der Waals surface area contributed by atoms with Crippen LogP contribution in [0.15, 0.2) is 28.7 Å². The van der Waals surface area contributed by atoms with Crippen molar-refractivity contribution >= 4 is 34.8 Å². The topological polar surface area (TPSA) is 93.0 Å². The fraction of sp³-hybridized carbons (Fsp3) is 0.520. The Balaban J connectivity index is 2.19. The van der Waals surface area contributed by atoms with Crippen LogP contribution in [0.4, 0.5) is 14.5 Å². The third-order valence-electron chi connectivity index (χ3n) is 5.43. The Morgan fingerprint density at radius 3 is 2.33 bits per heavy atom. The molecule has 198 valence electrons. The predicted octanol–water partition coefficient (Wildman–Crippen LogP) is 4.42. The van der Waals surface area contributed by atoms with Gasteiger partial charge in [-0.05, 0) is 37.6 Å². The highest BCUT2D eigenvalue weighted by Crippen LogP contribution is 2.24. The fourth-order valence-electron chi connectivity index (χ4n) is 3.51. The van der Waals surface area contributed by atoms with E-state index in [0.717, 1.165) is 29.9 Å². The number of hydrogen-bond acceptors (Lipinski definition) is 6. The van der Waals surface area contributed by atoms with Crippen molar-refractivity contribution < 1.29 is 27.9 Å². The second-order valence-electron chi connectivity index (χ2n) is 10.1. The maximum Gasteiger partial charge on any atom is 0.325 e. The van der Waals surface area contributed by atoms with Gasteiger partial charge in [-0.25, -0.2) is 8.78 Å². The van der Waals surface area contributed by atoms with Gasteiger partial charge in [0, 0.05) is 23.6 Å². The van der Waals surface area contributed by atoms with Crippen LogP contribution in [0.2, 0.25) is 0 Å². The molecule has 11 heteroatoms. The Morgan fingerprint density at radius 1 is 1.19 bits per heavy atom. The van der Waals surface area contributed by atoms with Crippen molar-refractivity contribution in [2.75, 3.05) is 19.4 Å². The lowest BCUT2D eigenvalue weighted by Gasteiger charge is -2.27. The lowest BCUT2D eigenvalue weighted by atomic mass is 9.92. The van der Waals surface area contributed by atoms with E-state index in [9.17, 15) is 23.2 Å². The van der Waals surface area contributed by atoms with Crippen LogP contribution < -0.4 is 10.1 Å². The molecule has 2 amide bonds. The van der Waals surface area contributed by atoms with E-state index in [2.05, 4.69) is 10.3 Å². The number of rotatable bonds is 9. The van der Waals surface area contributed by atoms with Gasteiger partial charge in [0.2, 0.25) is 5.91 Å². The van der Waals surface area contributed by atoms with Crippen LogP contribution in [0.3, 0.4) is 0 Å². The van der Waals surface area contributed by atoms with Crippen LogP contribution >= 0.6 is 11.3 Å². The minimum Gasteiger partial charge on any atom is -0.443 e. The minimum absolute atomic E-state index is 0.0670. The second-order valence-corrected chi connectivity index (χ2v) is 10.9. The SMILES string of the molecule is CCC(C)C(C(=O)OCn1ccsc1=NC(=O)c1cc(F)c(NC(=O)CC(C)(C)C)c(F)c1)N(C)C. The number of esters is 1. The maximum absolute atomic E-state index is 14.6. The zero-order valence-electron chi connectivity index (χ0n) is 21.7. The van der Waals surface area contributed by atoms with E-state index in [-0.39, 0.29) is 34.8 Å². The van der Waals surface area contributed by atoms with Crippen LogP contribution in [0.1, 0.15) is 57.8 Å². The van der Waals surface area contributed by atoms with Crippen LogP contribution in [0, 0.1) is 23.0 Å². The van der Waals surface area contributed by atoms with Crippen LogP contribution in [0.5, 0.6) is 0 Å². The summed E-state index contributed by atoms with van der Waals surface area (Å²) in [6.45, 7) is 9.26. The number of aromatic nitrogens is 1. The van der Waals surface area contributed by atoms with Crippen molar-refractivity contribution in [3.05, 3.63) is 45.7 Å². The van der Waals surface area contributed by atoms with Gasteiger partial charge in [-0.15, -0.1) is 11.3 Å². The summed E-state index contributed by atoms with van der Waals surface area (Å²) in [6.07, 6.45) is 2.45. The molecule has 0 radical (unpaired) electrons. The van der Waals surface area contributed by atoms with Crippen LogP contribution in [-0.2, 0) is 21.1 Å². The number of benzene rings is 1. The largest absolute Gasteiger partial charge is 0.443 e. The molecule has 1 aromatic heterocycles. The zero-order valence-corrected chi connectivity index (χ0v) is 22.5. The first kappa shape index (κ1) is 29.3. The summed E-state index contributed by atoms with van der Waals surface area (Å²) in [4.78, 5) is 43.3. The molecular formula is C25H34F2N4O4S. The van der Waals surface area contributed by atoms with E-state index in [4.69, 9.17) is 4.74 Å². The summed E-state index contributed by atoms with van der Waals surface area (Å²) in [6, 6.07) is 1.23. The maximum atomic E-state index is 14.6. The molecule has 1 heterocycles. The Kier molecular flexibility index (Phi) is 10.1. The Bertz CT molecular complexity index is 1140. The first-order valence-corrected chi connectivity index (χ1v) is 12.5. The molecule has 2 atom stereocenters. The number of nitrogens with zero attached hydrogens (tertiary/aromatic N) is 3. The highest BCUT2D eigenvalue weighted by Gasteiger charge is 2.27. The quantitative estimate of drug-likeness (QED) is 0.490. The number of anilines is 1. The van der Waals surface area contributed by atoms with Gasteiger partial charge in [-0.3, -0.25) is 23.9 Å². The molecule has 1 N–H and O–H groups in total. The first-order valence-electron chi connectivity index (χ1n) is 11.6. The van der Waals surface area contributed by atoms with E-state index in [1.807, 2.05) is 34.6 Å². The Morgan fingerprint density at radius 2 is 1.81 bits per heavy atom. The third-order valence-corrected chi connectivity index (χ3v) is 6.22. The average Bonchev–Trinajstić information content (AvgIpc) is 3.19. The number of halogens is 2. The van der Waals surface area contributed by atoms with Gasteiger partial charge in [0.15, 0.2) is 23.2 Å². The number of carbonyl (C=O) groups excluding carboxylic acids is 3. The van der Waals surface area contributed by atoms with Gasteiger partial charge in [-0.1, -0.05) is 41.0 Å². The van der Waals surface area contributed by atoms with Gasteiger partial charge in [0.05, 0.1) is 0 Å². The molecule has 2 rings (SSSR count). The highest BCUT2D eigenvalue weighted by atomic mass is 32.1. The summed E-state index contributed by atoms with van der Waals surface area (Å²) < 4.78 is 36.0. The van der Waals surface area contributed by atoms with Crippen LogP contribution in [-0.4, -0.2) is 47.4 Å². The monoisotopic (exact) mass is 524 g/mol. The molecule has 2 aromatic rings. The molecule has 0 aliphatic carbocycles. The van der Waals surface area contributed by atoms with Gasteiger partial charge in [0.1, 0.15) is 11.7 Å². The molecule has 0 saturated heterocycles. The van der Waals surface area contributed by atoms with Crippen molar-refractivity contribution in [3.8, 4) is 0 Å². The fourth-order valence-corrected chi connectivity index (χ4v) is 4.23. The minimum atomic E-state index is -1.08. The summed E-state index contributed by atoms with van der Waals surface area (Å²) in [7, 11) is 3.60. The first-order chi connectivity index (χ1) is 16.7. The molecule has 2 unspecified atom stereocenters. The van der Waals surface area contributed by atoms with Crippen molar-refractivity contribution in [2.24, 2.45) is 16.3 Å². The van der Waals surface area contributed by atoms with Crippen molar-refractivity contribution in [1.29, 1.82) is 0 Å².